The molecule has 0 heterocycles. The maximum absolute atomic E-state index is 12.2. The molecule has 19 nitrogen and oxygen atoms in total. The van der Waals surface area contributed by atoms with Gasteiger partial charge in [0.25, 0.3) is 0 Å². The predicted molar refractivity (Wildman–Crippen MR) is 218 cm³/mol. The first-order valence-corrected chi connectivity index (χ1v) is 21.7. The van der Waals surface area contributed by atoms with Crippen molar-refractivity contribution in [2.24, 2.45) is 5.73 Å². The number of hydrogen-bond acceptors (Lipinski definition) is 18. The van der Waals surface area contributed by atoms with E-state index in [-0.39, 0.29) is 30.9 Å². The lowest BCUT2D eigenvalue weighted by Crippen LogP contribution is -2.50. The normalized spacial score (nSPS) is 12.4. The van der Waals surface area contributed by atoms with Crippen LogP contribution in [0.3, 0.4) is 0 Å². The van der Waals surface area contributed by atoms with Gasteiger partial charge in [0.15, 0.2) is 0 Å². The third-order valence-corrected chi connectivity index (χ3v) is 8.16. The Morgan fingerprint density at radius 1 is 0.526 bits per heavy atom. The maximum atomic E-state index is 12.2. The van der Waals surface area contributed by atoms with Gasteiger partial charge in [-0.3, -0.25) is 14.4 Å². The summed E-state index contributed by atoms with van der Waals surface area (Å²) in [6.07, 6.45) is 1.73. The molecule has 0 aliphatic heterocycles. The minimum absolute atomic E-state index is 0.0712. The summed E-state index contributed by atoms with van der Waals surface area (Å²) in [5.41, 5.74) is 5.93. The van der Waals surface area contributed by atoms with E-state index < -0.39 is 12.1 Å². The highest BCUT2D eigenvalue weighted by Gasteiger charge is 2.19. The first-order valence-electron chi connectivity index (χ1n) is 19.6. The number of methoxy groups -OCH3 is 1. The van der Waals surface area contributed by atoms with E-state index in [1.807, 2.05) is 0 Å². The van der Waals surface area contributed by atoms with Gasteiger partial charge < -0.3 is 78.5 Å². The van der Waals surface area contributed by atoms with Gasteiger partial charge in [0.1, 0.15) is 12.6 Å². The lowest BCUT2D eigenvalue weighted by molar-refractivity contribution is -0.129. The Balaban J connectivity index is 3.29. The number of carbonyl (C=O) groups is 3. The van der Waals surface area contributed by atoms with Crippen molar-refractivity contribution in [2.75, 3.05) is 178 Å². The number of thiol groups is 1. The summed E-state index contributed by atoms with van der Waals surface area (Å²) in [7, 11) is 2.96. The number of carbonyl (C=O) groups excluding carboxylic acids is 3. The fraction of sp³-hybridized carbons (Fsp3) is 0.917. The van der Waals surface area contributed by atoms with Gasteiger partial charge in [0, 0.05) is 26.0 Å². The highest BCUT2D eigenvalue weighted by Crippen LogP contribution is 2.02. The van der Waals surface area contributed by atoms with E-state index >= 15 is 0 Å². The zero-order valence-electron chi connectivity index (χ0n) is 34.2. The molecule has 0 radical (unpaired) electrons. The van der Waals surface area contributed by atoms with Gasteiger partial charge in [-0.2, -0.15) is 0 Å². The standard InChI is InChI=1S/C36H72N4O15S2/c1-32(35(42)39-7-30-57-56)40-36(43)33(37)5-3-4-6-38-34(41)31-55-29-28-54-27-26-53-25-24-52-23-22-51-21-20-50-19-18-49-17-16-48-15-14-47-13-12-46-11-10-45-9-8-44-2/h32-33,56H,3-31,37H2,1-2H3,(H,38,41)(H,39,42)(H,40,43). The van der Waals surface area contributed by atoms with Crippen LogP contribution in [0, 0.1) is 0 Å². The Morgan fingerprint density at radius 2 is 0.895 bits per heavy atom. The molecule has 21 heteroatoms. The van der Waals surface area contributed by atoms with E-state index in [9.17, 15) is 14.4 Å². The SMILES string of the molecule is COCCOCCOCCOCCOCCOCCOCCOCCOCCOCCOCCOCC(=O)NCCCCC(N)C(=O)NC(C)C(=O)NCCSS. The van der Waals surface area contributed by atoms with E-state index in [2.05, 4.69) is 27.6 Å². The molecular weight excluding hydrogens is 793 g/mol. The molecule has 0 saturated heterocycles. The third-order valence-electron chi connectivity index (χ3n) is 7.23. The summed E-state index contributed by atoms with van der Waals surface area (Å²) in [4.78, 5) is 36.1. The lowest BCUT2D eigenvalue weighted by Gasteiger charge is -2.17. The van der Waals surface area contributed by atoms with E-state index in [0.717, 1.165) is 0 Å². The van der Waals surface area contributed by atoms with Crippen molar-refractivity contribution in [3.8, 4) is 0 Å². The van der Waals surface area contributed by atoms with Crippen molar-refractivity contribution < 1.29 is 71.2 Å². The molecule has 0 spiro atoms. The molecule has 0 aromatic rings. The molecule has 5 N–H and O–H groups in total. The van der Waals surface area contributed by atoms with Crippen LogP contribution in [0.2, 0.25) is 0 Å². The van der Waals surface area contributed by atoms with Crippen LogP contribution in [0.25, 0.3) is 0 Å². The molecule has 0 aromatic carbocycles. The number of ether oxygens (including phenoxy) is 12. The van der Waals surface area contributed by atoms with Crippen molar-refractivity contribution in [1.82, 2.24) is 16.0 Å². The second-order valence-corrected chi connectivity index (χ2v) is 13.4. The third kappa shape index (κ3) is 42.5. The number of unbranched alkanes of at least 4 members (excludes halogenated alkanes) is 1. The van der Waals surface area contributed by atoms with E-state index in [0.29, 0.717) is 177 Å². The Kier molecular flexibility index (Phi) is 44.5. The van der Waals surface area contributed by atoms with Crippen molar-refractivity contribution in [3.63, 3.8) is 0 Å². The summed E-state index contributed by atoms with van der Waals surface area (Å²) in [5.74, 6) is -0.223. The molecule has 2 atom stereocenters. The molecule has 0 aromatic heterocycles. The molecule has 0 fully saturated rings. The van der Waals surface area contributed by atoms with Gasteiger partial charge in [-0.25, -0.2) is 0 Å². The van der Waals surface area contributed by atoms with Crippen LogP contribution in [-0.4, -0.2) is 208 Å². The van der Waals surface area contributed by atoms with Gasteiger partial charge in [-0.1, -0.05) is 10.8 Å². The first-order chi connectivity index (χ1) is 27.9. The molecule has 57 heavy (non-hydrogen) atoms. The van der Waals surface area contributed by atoms with Gasteiger partial charge in [0.2, 0.25) is 17.7 Å². The van der Waals surface area contributed by atoms with E-state index in [1.165, 1.54) is 10.8 Å². The van der Waals surface area contributed by atoms with Gasteiger partial charge >= 0.3 is 0 Å². The smallest absolute Gasteiger partial charge is 0.245 e. The summed E-state index contributed by atoms with van der Waals surface area (Å²) in [6, 6.07) is -1.41. The minimum Gasteiger partial charge on any atom is -0.382 e. The van der Waals surface area contributed by atoms with Crippen LogP contribution in [0.15, 0.2) is 0 Å². The molecule has 2 unspecified atom stereocenters. The largest absolute Gasteiger partial charge is 0.382 e. The monoisotopic (exact) mass is 864 g/mol. The molecule has 338 valence electrons. The van der Waals surface area contributed by atoms with Crippen LogP contribution in [-0.2, 0) is 71.2 Å². The number of amides is 3. The predicted octanol–water partition coefficient (Wildman–Crippen LogP) is -0.372. The lowest BCUT2D eigenvalue weighted by atomic mass is 10.1. The maximum Gasteiger partial charge on any atom is 0.245 e. The second kappa shape index (κ2) is 45.7. The average Bonchev–Trinajstić information content (AvgIpc) is 3.20. The first kappa shape index (κ1) is 55.6. The van der Waals surface area contributed by atoms with Gasteiger partial charge in [-0.15, -0.1) is 11.7 Å². The minimum atomic E-state index is -0.733. The van der Waals surface area contributed by atoms with Crippen molar-refractivity contribution in [1.29, 1.82) is 0 Å². The highest BCUT2D eigenvalue weighted by molar-refractivity contribution is 8.68. The summed E-state index contributed by atoms with van der Waals surface area (Å²) in [5, 5.41) is 8.09. The zero-order valence-corrected chi connectivity index (χ0v) is 35.9. The van der Waals surface area contributed by atoms with Crippen LogP contribution in [0.4, 0.5) is 0 Å². The van der Waals surface area contributed by atoms with E-state index in [4.69, 9.17) is 62.6 Å². The molecule has 0 rings (SSSR count). The quantitative estimate of drug-likeness (QED) is 0.0299. The summed E-state index contributed by atoms with van der Waals surface area (Å²) in [6.45, 7) is 12.9. The van der Waals surface area contributed by atoms with Crippen LogP contribution >= 0.6 is 22.5 Å². The van der Waals surface area contributed by atoms with Crippen LogP contribution in [0.1, 0.15) is 26.2 Å². The van der Waals surface area contributed by atoms with Crippen molar-refractivity contribution in [3.05, 3.63) is 0 Å². The van der Waals surface area contributed by atoms with Gasteiger partial charge in [0.05, 0.1) is 151 Å². The summed E-state index contributed by atoms with van der Waals surface area (Å²) >= 11 is 4.01. The number of nitrogens with two attached hydrogens (primary N) is 1. The topological polar surface area (TPSA) is 224 Å². The summed E-state index contributed by atoms with van der Waals surface area (Å²) < 4.78 is 64.6. The van der Waals surface area contributed by atoms with Crippen LogP contribution < -0.4 is 21.7 Å². The number of hydrogen-bond donors (Lipinski definition) is 5. The Bertz CT molecular complexity index is 909. The van der Waals surface area contributed by atoms with Crippen LogP contribution in [0.5, 0.6) is 0 Å². The molecule has 3 amide bonds. The molecule has 0 aliphatic rings. The average molecular weight is 865 g/mol. The molecule has 0 bridgehead atoms. The number of nitrogens with one attached hydrogen (secondary N) is 3. The second-order valence-electron chi connectivity index (χ2n) is 12.0. The van der Waals surface area contributed by atoms with Crippen molar-refractivity contribution >= 4 is 40.2 Å². The van der Waals surface area contributed by atoms with E-state index in [1.54, 1.807) is 14.0 Å². The zero-order chi connectivity index (χ0) is 41.7. The number of rotatable bonds is 46. The molecular formula is C36H72N4O15S2. The highest BCUT2D eigenvalue weighted by atomic mass is 33.1. The fourth-order valence-electron chi connectivity index (χ4n) is 4.16. The fourth-order valence-corrected chi connectivity index (χ4v) is 4.63. The Hall–Kier alpha value is -1.41. The molecule has 0 saturated carbocycles. The Morgan fingerprint density at radius 3 is 1.26 bits per heavy atom. The molecule has 0 aliphatic carbocycles. The van der Waals surface area contributed by atoms with Gasteiger partial charge in [-0.05, 0) is 26.2 Å². The Labute approximate surface area is 348 Å². The van der Waals surface area contributed by atoms with Crippen molar-refractivity contribution in [2.45, 2.75) is 38.3 Å².